The monoisotopic (exact) mass is 505 g/mol. The molecule has 2 amide bonds. The van der Waals surface area contributed by atoms with E-state index in [4.69, 9.17) is 20.8 Å². The van der Waals surface area contributed by atoms with Gasteiger partial charge in [0.1, 0.15) is 16.8 Å². The Bertz CT molecular complexity index is 1380. The van der Waals surface area contributed by atoms with Crippen LogP contribution in [-0.2, 0) is 11.3 Å². The minimum Gasteiger partial charge on any atom is -0.497 e. The molecule has 2 aromatic carbocycles. The molecule has 2 atom stereocenters. The fourth-order valence-corrected chi connectivity index (χ4v) is 5.08. The lowest BCUT2D eigenvalue weighted by molar-refractivity contribution is -0.135. The Labute approximate surface area is 214 Å². The van der Waals surface area contributed by atoms with Crippen molar-refractivity contribution < 1.29 is 18.7 Å². The van der Waals surface area contributed by atoms with Crippen molar-refractivity contribution >= 4 is 34.5 Å². The number of amides is 2. The fraction of sp³-hybridized carbons (Fsp3) is 0.286. The number of carbonyl (C=O) groups is 2. The molecule has 36 heavy (non-hydrogen) atoms. The highest BCUT2D eigenvalue weighted by Crippen LogP contribution is 2.28. The Morgan fingerprint density at radius 1 is 1.08 bits per heavy atom. The molecule has 0 spiro atoms. The van der Waals surface area contributed by atoms with E-state index in [0.29, 0.717) is 37.6 Å². The van der Waals surface area contributed by atoms with E-state index < -0.39 is 5.38 Å². The summed E-state index contributed by atoms with van der Waals surface area (Å²) in [5.74, 6) is 0.529. The van der Waals surface area contributed by atoms with Gasteiger partial charge in [0.2, 0.25) is 11.6 Å². The molecule has 0 aliphatic carbocycles. The summed E-state index contributed by atoms with van der Waals surface area (Å²) in [6, 6.07) is 20.7. The number of ether oxygens (including phenoxy) is 1. The molecule has 186 valence electrons. The minimum atomic E-state index is -0.747. The second-order valence-electron chi connectivity index (χ2n) is 9.05. The van der Waals surface area contributed by atoms with Crippen LogP contribution < -0.4 is 4.74 Å². The van der Waals surface area contributed by atoms with E-state index in [2.05, 4.69) is 0 Å². The molecular weight excluding hydrogens is 478 g/mol. The minimum absolute atomic E-state index is 0.0891. The molecule has 1 saturated heterocycles. The molecule has 2 aromatic heterocycles. The summed E-state index contributed by atoms with van der Waals surface area (Å²) < 4.78 is 13.0. The van der Waals surface area contributed by atoms with Gasteiger partial charge in [0.25, 0.3) is 5.91 Å². The average Bonchev–Trinajstić information content (AvgIpc) is 3.50. The van der Waals surface area contributed by atoms with Crippen molar-refractivity contribution in [2.24, 2.45) is 0 Å². The van der Waals surface area contributed by atoms with Gasteiger partial charge in [0.15, 0.2) is 0 Å². The highest BCUT2D eigenvalue weighted by atomic mass is 35.5. The van der Waals surface area contributed by atoms with Crippen molar-refractivity contribution in [3.63, 3.8) is 0 Å². The Morgan fingerprint density at radius 2 is 1.89 bits per heavy atom. The second-order valence-corrected chi connectivity index (χ2v) is 9.49. The SMILES string of the molecule is COc1cccc(Cn2c(C(=O)N3CCN(C(=O)[C@@H](Cl)c4ccccc4)[C@H](C)C3)cc3ccoc32)c1. The van der Waals surface area contributed by atoms with Crippen molar-refractivity contribution in [3.05, 3.63) is 89.8 Å². The number of rotatable bonds is 6. The van der Waals surface area contributed by atoms with Gasteiger partial charge in [0.05, 0.1) is 19.9 Å². The van der Waals surface area contributed by atoms with E-state index >= 15 is 0 Å². The summed E-state index contributed by atoms with van der Waals surface area (Å²) in [5, 5.41) is 0.124. The van der Waals surface area contributed by atoms with Gasteiger partial charge in [-0.25, -0.2) is 0 Å². The predicted molar refractivity (Wildman–Crippen MR) is 138 cm³/mol. The molecule has 8 heteroatoms. The molecule has 5 rings (SSSR count). The lowest BCUT2D eigenvalue weighted by Crippen LogP contribution is -2.56. The van der Waals surface area contributed by atoms with Crippen molar-refractivity contribution in [1.82, 2.24) is 14.4 Å². The number of piperazine rings is 1. The largest absolute Gasteiger partial charge is 0.497 e. The van der Waals surface area contributed by atoms with Crippen LogP contribution in [0.4, 0.5) is 0 Å². The lowest BCUT2D eigenvalue weighted by Gasteiger charge is -2.40. The molecule has 1 aliphatic rings. The maximum absolute atomic E-state index is 13.7. The van der Waals surface area contributed by atoms with E-state index in [1.165, 1.54) is 0 Å². The Hall–Kier alpha value is -3.71. The standard InChI is InChI=1S/C28H28ClN3O4/c1-19-17-30(12-13-31(19)27(34)25(29)21-8-4-3-5-9-21)26(33)24-16-22-11-14-36-28(22)32(24)18-20-7-6-10-23(15-20)35-2/h3-11,14-16,19,25H,12-13,17-18H2,1-2H3/t19-,25+/m1/s1. The summed E-state index contributed by atoms with van der Waals surface area (Å²) in [7, 11) is 1.63. The van der Waals surface area contributed by atoms with Gasteiger partial charge < -0.3 is 23.5 Å². The highest BCUT2D eigenvalue weighted by Gasteiger charge is 2.34. The number of fused-ring (bicyclic) bond motifs is 1. The first-order valence-corrected chi connectivity index (χ1v) is 12.4. The quantitative estimate of drug-likeness (QED) is 0.348. The summed E-state index contributed by atoms with van der Waals surface area (Å²) >= 11 is 6.51. The van der Waals surface area contributed by atoms with Crippen molar-refractivity contribution in [2.45, 2.75) is 24.9 Å². The zero-order chi connectivity index (χ0) is 25.2. The van der Waals surface area contributed by atoms with E-state index in [1.807, 2.05) is 78.2 Å². The van der Waals surface area contributed by atoms with Crippen LogP contribution in [0.5, 0.6) is 5.75 Å². The van der Waals surface area contributed by atoms with E-state index in [0.717, 1.165) is 22.3 Å². The van der Waals surface area contributed by atoms with Crippen molar-refractivity contribution in [2.75, 3.05) is 26.7 Å². The number of methoxy groups -OCH3 is 1. The van der Waals surface area contributed by atoms with Gasteiger partial charge in [-0.15, -0.1) is 11.6 Å². The number of hydrogen-bond donors (Lipinski definition) is 0. The lowest BCUT2D eigenvalue weighted by atomic mass is 10.1. The molecule has 0 saturated carbocycles. The predicted octanol–water partition coefficient (Wildman–Crippen LogP) is 4.94. The van der Waals surface area contributed by atoms with Gasteiger partial charge in [-0.3, -0.25) is 9.59 Å². The van der Waals surface area contributed by atoms with E-state index in [-0.39, 0.29) is 17.9 Å². The van der Waals surface area contributed by atoms with Crippen LogP contribution in [0, 0.1) is 0 Å². The first-order valence-electron chi connectivity index (χ1n) is 11.9. The molecule has 0 unspecified atom stereocenters. The Balaban J connectivity index is 1.34. The van der Waals surface area contributed by atoms with Gasteiger partial charge in [0, 0.05) is 31.1 Å². The maximum Gasteiger partial charge on any atom is 0.270 e. The zero-order valence-corrected chi connectivity index (χ0v) is 21.0. The number of carbonyl (C=O) groups excluding carboxylic acids is 2. The number of nitrogens with zero attached hydrogens (tertiary/aromatic N) is 3. The summed E-state index contributed by atoms with van der Waals surface area (Å²) in [6.07, 6.45) is 1.63. The van der Waals surface area contributed by atoms with Crippen molar-refractivity contribution in [3.8, 4) is 5.75 Å². The van der Waals surface area contributed by atoms with Crippen LogP contribution in [0.25, 0.3) is 11.1 Å². The van der Waals surface area contributed by atoms with Gasteiger partial charge in [-0.2, -0.15) is 0 Å². The van der Waals surface area contributed by atoms with Crippen LogP contribution in [0.3, 0.4) is 0 Å². The molecule has 4 aromatic rings. The fourth-order valence-electron chi connectivity index (χ4n) is 4.80. The third-order valence-electron chi connectivity index (χ3n) is 6.70. The molecule has 0 radical (unpaired) electrons. The number of aromatic nitrogens is 1. The van der Waals surface area contributed by atoms with Crippen molar-refractivity contribution in [1.29, 1.82) is 0 Å². The van der Waals surface area contributed by atoms with Crippen LogP contribution in [0.1, 0.15) is 33.9 Å². The average molecular weight is 506 g/mol. The Morgan fingerprint density at radius 3 is 2.64 bits per heavy atom. The number of furan rings is 1. The number of benzene rings is 2. The molecule has 1 fully saturated rings. The normalized spacial score (nSPS) is 16.8. The van der Waals surface area contributed by atoms with Crippen LogP contribution in [0.2, 0.25) is 0 Å². The third-order valence-corrected chi connectivity index (χ3v) is 7.14. The zero-order valence-electron chi connectivity index (χ0n) is 20.3. The highest BCUT2D eigenvalue weighted by molar-refractivity contribution is 6.30. The smallest absolute Gasteiger partial charge is 0.270 e. The molecular formula is C28H28ClN3O4. The maximum atomic E-state index is 13.7. The Kier molecular flexibility index (Phi) is 6.74. The molecule has 0 N–H and O–H groups in total. The van der Waals surface area contributed by atoms with Gasteiger partial charge in [-0.05, 0) is 42.3 Å². The molecule has 7 nitrogen and oxygen atoms in total. The van der Waals surface area contributed by atoms with E-state index in [9.17, 15) is 9.59 Å². The third kappa shape index (κ3) is 4.58. The first kappa shape index (κ1) is 24.0. The summed E-state index contributed by atoms with van der Waals surface area (Å²) in [6.45, 7) is 3.70. The molecule has 0 bridgehead atoms. The topological polar surface area (TPSA) is 67.9 Å². The summed E-state index contributed by atoms with van der Waals surface area (Å²) in [5.41, 5.74) is 2.97. The summed E-state index contributed by atoms with van der Waals surface area (Å²) in [4.78, 5) is 30.4. The van der Waals surface area contributed by atoms with Crippen LogP contribution in [-0.4, -0.2) is 59.0 Å². The number of halogens is 1. The van der Waals surface area contributed by atoms with E-state index in [1.54, 1.807) is 23.2 Å². The molecule has 1 aliphatic heterocycles. The second kappa shape index (κ2) is 10.1. The van der Waals surface area contributed by atoms with Crippen LogP contribution >= 0.6 is 11.6 Å². The number of hydrogen-bond acceptors (Lipinski definition) is 4. The first-order chi connectivity index (χ1) is 17.5. The number of alkyl halides is 1. The van der Waals surface area contributed by atoms with Gasteiger partial charge in [-0.1, -0.05) is 42.5 Å². The van der Waals surface area contributed by atoms with Crippen LogP contribution in [0.15, 0.2) is 77.4 Å². The van der Waals surface area contributed by atoms with Gasteiger partial charge >= 0.3 is 0 Å². The molecule has 3 heterocycles.